The predicted molar refractivity (Wildman–Crippen MR) is 132 cm³/mol. The van der Waals surface area contributed by atoms with Crippen LogP contribution < -0.4 is 5.32 Å². The highest BCUT2D eigenvalue weighted by Gasteiger charge is 2.14. The standard InChI is InChI=1S/C21H42N6.HI/c1-8-22-21(23-14-12-10-9-11-13-15-25(4)5)26(6)16-19-17-27(7)24-20(19)18(2)3;/h17-18H,8-16H2,1-7H3,(H,22,23);1H. The summed E-state index contributed by atoms with van der Waals surface area (Å²) in [5, 5.41) is 8.04. The van der Waals surface area contributed by atoms with E-state index in [1.807, 2.05) is 11.7 Å². The molecule has 0 aliphatic rings. The van der Waals surface area contributed by atoms with Crippen molar-refractivity contribution in [1.29, 1.82) is 0 Å². The van der Waals surface area contributed by atoms with Gasteiger partial charge in [0.1, 0.15) is 0 Å². The molecule has 0 aliphatic carbocycles. The van der Waals surface area contributed by atoms with Gasteiger partial charge in [-0.15, -0.1) is 24.0 Å². The number of guanidine groups is 1. The number of rotatable bonds is 12. The number of hydrogen-bond donors (Lipinski definition) is 1. The third-order valence-corrected chi connectivity index (χ3v) is 4.61. The molecule has 0 amide bonds. The summed E-state index contributed by atoms with van der Waals surface area (Å²) in [6, 6.07) is 0. The van der Waals surface area contributed by atoms with E-state index >= 15 is 0 Å². The first-order chi connectivity index (χ1) is 12.8. The van der Waals surface area contributed by atoms with Gasteiger partial charge in [0, 0.05) is 45.5 Å². The summed E-state index contributed by atoms with van der Waals surface area (Å²) >= 11 is 0. The Labute approximate surface area is 190 Å². The summed E-state index contributed by atoms with van der Waals surface area (Å²) < 4.78 is 1.92. The molecule has 0 aromatic carbocycles. The molecule has 1 rings (SSSR count). The Morgan fingerprint density at radius 1 is 1.14 bits per heavy atom. The normalized spacial score (nSPS) is 11.8. The topological polar surface area (TPSA) is 48.7 Å². The zero-order chi connectivity index (χ0) is 20.2. The largest absolute Gasteiger partial charge is 0.357 e. The third-order valence-electron chi connectivity index (χ3n) is 4.61. The predicted octanol–water partition coefficient (Wildman–Crippen LogP) is 4.07. The van der Waals surface area contributed by atoms with Gasteiger partial charge in [0.05, 0.1) is 5.69 Å². The zero-order valence-electron chi connectivity index (χ0n) is 19.2. The molecular formula is C21H43IN6. The molecule has 6 nitrogen and oxygen atoms in total. The summed E-state index contributed by atoms with van der Waals surface area (Å²) in [6.45, 7) is 10.3. The molecule has 0 saturated heterocycles. The molecule has 1 heterocycles. The van der Waals surface area contributed by atoms with Crippen molar-refractivity contribution in [1.82, 2.24) is 24.9 Å². The molecule has 0 bridgehead atoms. The average molecular weight is 507 g/mol. The quantitative estimate of drug-likeness (QED) is 0.201. The second-order valence-electron chi connectivity index (χ2n) is 8.03. The van der Waals surface area contributed by atoms with E-state index in [1.54, 1.807) is 0 Å². The van der Waals surface area contributed by atoms with Gasteiger partial charge in [0.15, 0.2) is 5.96 Å². The van der Waals surface area contributed by atoms with Crippen molar-refractivity contribution in [3.63, 3.8) is 0 Å². The van der Waals surface area contributed by atoms with E-state index in [9.17, 15) is 0 Å². The monoisotopic (exact) mass is 506 g/mol. The Bertz CT molecular complexity index is 553. The first-order valence-electron chi connectivity index (χ1n) is 10.5. The molecule has 164 valence electrons. The van der Waals surface area contributed by atoms with Crippen molar-refractivity contribution >= 4 is 29.9 Å². The second-order valence-corrected chi connectivity index (χ2v) is 8.03. The molecule has 1 N–H and O–H groups in total. The lowest BCUT2D eigenvalue weighted by molar-refractivity contribution is 0.390. The lowest BCUT2D eigenvalue weighted by Gasteiger charge is -2.22. The average Bonchev–Trinajstić information content (AvgIpc) is 2.96. The molecule has 0 saturated carbocycles. The van der Waals surface area contributed by atoms with E-state index in [2.05, 4.69) is 68.3 Å². The number of nitrogens with one attached hydrogen (secondary N) is 1. The van der Waals surface area contributed by atoms with E-state index in [-0.39, 0.29) is 24.0 Å². The maximum atomic E-state index is 4.83. The Morgan fingerprint density at radius 3 is 2.39 bits per heavy atom. The Balaban J connectivity index is 0.00000729. The van der Waals surface area contributed by atoms with Gasteiger partial charge in [-0.25, -0.2) is 0 Å². The van der Waals surface area contributed by atoms with Gasteiger partial charge in [0.2, 0.25) is 0 Å². The lowest BCUT2D eigenvalue weighted by Crippen LogP contribution is -2.38. The molecule has 28 heavy (non-hydrogen) atoms. The third kappa shape index (κ3) is 10.6. The van der Waals surface area contributed by atoms with Gasteiger partial charge in [-0.05, 0) is 46.3 Å². The van der Waals surface area contributed by atoms with Crippen LogP contribution in [0, 0.1) is 0 Å². The van der Waals surface area contributed by atoms with Gasteiger partial charge >= 0.3 is 0 Å². The fourth-order valence-corrected chi connectivity index (χ4v) is 3.22. The number of hydrogen-bond acceptors (Lipinski definition) is 3. The maximum Gasteiger partial charge on any atom is 0.193 e. The molecule has 0 fully saturated rings. The summed E-state index contributed by atoms with van der Waals surface area (Å²) in [7, 11) is 8.39. The minimum absolute atomic E-state index is 0. The minimum atomic E-state index is 0. The maximum absolute atomic E-state index is 4.83. The Kier molecular flexibility index (Phi) is 14.6. The van der Waals surface area contributed by atoms with Crippen LogP contribution in [-0.4, -0.2) is 66.3 Å². The number of unbranched alkanes of at least 4 members (excludes halogenated alkanes) is 4. The van der Waals surface area contributed by atoms with E-state index < -0.39 is 0 Å². The number of aromatic nitrogens is 2. The van der Waals surface area contributed by atoms with Gasteiger partial charge < -0.3 is 15.1 Å². The fraction of sp³-hybridized carbons (Fsp3) is 0.810. The Hall–Kier alpha value is -0.830. The highest BCUT2D eigenvalue weighted by Crippen LogP contribution is 2.18. The van der Waals surface area contributed by atoms with E-state index in [0.29, 0.717) is 5.92 Å². The highest BCUT2D eigenvalue weighted by atomic mass is 127. The summed E-state index contributed by atoms with van der Waals surface area (Å²) in [5.74, 6) is 1.42. The molecule has 7 heteroatoms. The lowest BCUT2D eigenvalue weighted by atomic mass is 10.1. The van der Waals surface area contributed by atoms with E-state index in [1.165, 1.54) is 43.5 Å². The van der Waals surface area contributed by atoms with Crippen LogP contribution in [-0.2, 0) is 13.6 Å². The number of aliphatic imine (C=N–C) groups is 1. The van der Waals surface area contributed by atoms with Crippen LogP contribution in [0.2, 0.25) is 0 Å². The van der Waals surface area contributed by atoms with Gasteiger partial charge in [-0.2, -0.15) is 5.10 Å². The Morgan fingerprint density at radius 2 is 1.79 bits per heavy atom. The first-order valence-corrected chi connectivity index (χ1v) is 10.5. The van der Waals surface area contributed by atoms with Gasteiger partial charge in [0.25, 0.3) is 0 Å². The van der Waals surface area contributed by atoms with Crippen LogP contribution >= 0.6 is 24.0 Å². The van der Waals surface area contributed by atoms with Crippen molar-refractivity contribution in [2.75, 3.05) is 40.8 Å². The second kappa shape index (κ2) is 15.1. The van der Waals surface area contributed by atoms with E-state index in [4.69, 9.17) is 4.99 Å². The smallest absolute Gasteiger partial charge is 0.193 e. The van der Waals surface area contributed by atoms with Crippen molar-refractivity contribution in [2.24, 2.45) is 12.0 Å². The van der Waals surface area contributed by atoms with Gasteiger partial charge in [-0.1, -0.05) is 33.1 Å². The van der Waals surface area contributed by atoms with Crippen molar-refractivity contribution in [2.45, 2.75) is 65.3 Å². The van der Waals surface area contributed by atoms with Crippen molar-refractivity contribution in [3.8, 4) is 0 Å². The number of nitrogens with zero attached hydrogens (tertiary/aromatic N) is 5. The summed E-state index contributed by atoms with van der Waals surface area (Å²) in [5.41, 5.74) is 2.46. The van der Waals surface area contributed by atoms with Gasteiger partial charge in [-0.3, -0.25) is 9.67 Å². The molecule has 1 aromatic heterocycles. The first kappa shape index (κ1) is 27.2. The molecular weight excluding hydrogens is 463 g/mol. The van der Waals surface area contributed by atoms with Crippen LogP contribution in [0.25, 0.3) is 0 Å². The molecule has 0 atom stereocenters. The van der Waals surface area contributed by atoms with E-state index in [0.717, 1.165) is 32.0 Å². The molecule has 1 aromatic rings. The molecule has 0 unspecified atom stereocenters. The highest BCUT2D eigenvalue weighted by molar-refractivity contribution is 14.0. The summed E-state index contributed by atoms with van der Waals surface area (Å²) in [6.07, 6.45) is 8.48. The van der Waals surface area contributed by atoms with Crippen molar-refractivity contribution < 1.29 is 0 Å². The van der Waals surface area contributed by atoms with Crippen LogP contribution in [0.15, 0.2) is 11.2 Å². The van der Waals surface area contributed by atoms with Crippen LogP contribution in [0.1, 0.15) is 70.1 Å². The van der Waals surface area contributed by atoms with Crippen LogP contribution in [0.5, 0.6) is 0 Å². The SMILES string of the molecule is CCNC(=NCCCCCCCN(C)C)N(C)Cc1cn(C)nc1C(C)C.I. The molecule has 0 aliphatic heterocycles. The molecule has 0 spiro atoms. The minimum Gasteiger partial charge on any atom is -0.357 e. The number of aryl methyl sites for hydroxylation is 1. The van der Waals surface area contributed by atoms with Crippen LogP contribution in [0.3, 0.4) is 0 Å². The van der Waals surface area contributed by atoms with Crippen molar-refractivity contribution in [3.05, 3.63) is 17.5 Å². The van der Waals surface area contributed by atoms with Crippen LogP contribution in [0.4, 0.5) is 0 Å². The number of halogens is 1. The summed E-state index contributed by atoms with van der Waals surface area (Å²) in [4.78, 5) is 9.30. The fourth-order valence-electron chi connectivity index (χ4n) is 3.22. The molecule has 0 radical (unpaired) electrons. The zero-order valence-corrected chi connectivity index (χ0v) is 21.5.